The second-order valence-electron chi connectivity index (χ2n) is 4.73. The third-order valence-electron chi connectivity index (χ3n) is 3.30. The highest BCUT2D eigenvalue weighted by Gasteiger charge is 2.18. The van der Waals surface area contributed by atoms with Crippen molar-refractivity contribution in [3.8, 4) is 6.07 Å². The van der Waals surface area contributed by atoms with Crippen molar-refractivity contribution >= 4 is 5.91 Å². The number of nitrogens with two attached hydrogens (primary N) is 1. The molecule has 2 rings (SSSR count). The highest BCUT2D eigenvalue weighted by Crippen LogP contribution is 2.14. The average molecular weight is 279 g/mol. The van der Waals surface area contributed by atoms with Crippen molar-refractivity contribution in [1.29, 1.82) is 5.26 Å². The standard InChI is InChI=1S/C17H17N3O/c18-10-13-6-8-14(9-7-13)12-20-17(21)16(11-19)15-4-2-1-3-5-15/h1-9,16H,11-12,19H2,(H,20,21). The molecular formula is C17H17N3O. The third-order valence-corrected chi connectivity index (χ3v) is 3.30. The number of nitrogens with one attached hydrogen (secondary N) is 1. The molecule has 4 nitrogen and oxygen atoms in total. The Labute approximate surface area is 124 Å². The number of hydrogen-bond acceptors (Lipinski definition) is 3. The lowest BCUT2D eigenvalue weighted by molar-refractivity contribution is -0.122. The molecule has 2 aromatic rings. The van der Waals surface area contributed by atoms with Crippen molar-refractivity contribution in [3.05, 3.63) is 71.3 Å². The third kappa shape index (κ3) is 3.91. The van der Waals surface area contributed by atoms with Crippen LogP contribution in [0.5, 0.6) is 0 Å². The van der Waals surface area contributed by atoms with Crippen LogP contribution in [0.15, 0.2) is 54.6 Å². The Bertz CT molecular complexity index is 629. The van der Waals surface area contributed by atoms with Crippen molar-refractivity contribution in [3.63, 3.8) is 0 Å². The largest absolute Gasteiger partial charge is 0.351 e. The molecule has 21 heavy (non-hydrogen) atoms. The number of carbonyl (C=O) groups is 1. The molecule has 0 aliphatic heterocycles. The second-order valence-corrected chi connectivity index (χ2v) is 4.73. The molecule has 0 fully saturated rings. The van der Waals surface area contributed by atoms with Gasteiger partial charge in [0.25, 0.3) is 0 Å². The van der Waals surface area contributed by atoms with Gasteiger partial charge in [-0.3, -0.25) is 4.79 Å². The van der Waals surface area contributed by atoms with Crippen LogP contribution in [0.2, 0.25) is 0 Å². The minimum absolute atomic E-state index is 0.0898. The van der Waals surface area contributed by atoms with Gasteiger partial charge >= 0.3 is 0 Å². The van der Waals surface area contributed by atoms with Crippen LogP contribution in [0.25, 0.3) is 0 Å². The second kappa shape index (κ2) is 7.22. The number of nitrogens with zero attached hydrogens (tertiary/aromatic N) is 1. The minimum atomic E-state index is -0.343. The van der Waals surface area contributed by atoms with Gasteiger partial charge in [-0.05, 0) is 23.3 Å². The fraction of sp³-hybridized carbons (Fsp3) is 0.176. The van der Waals surface area contributed by atoms with Crippen LogP contribution >= 0.6 is 0 Å². The molecule has 0 aliphatic rings. The SMILES string of the molecule is N#Cc1ccc(CNC(=O)C(CN)c2ccccc2)cc1. The molecule has 0 radical (unpaired) electrons. The quantitative estimate of drug-likeness (QED) is 0.877. The first-order valence-electron chi connectivity index (χ1n) is 6.76. The van der Waals surface area contributed by atoms with Gasteiger partial charge in [0.2, 0.25) is 5.91 Å². The van der Waals surface area contributed by atoms with Crippen molar-refractivity contribution in [2.75, 3.05) is 6.54 Å². The maximum absolute atomic E-state index is 12.2. The Hall–Kier alpha value is -2.64. The van der Waals surface area contributed by atoms with Crippen LogP contribution < -0.4 is 11.1 Å². The molecule has 3 N–H and O–H groups in total. The summed E-state index contributed by atoms with van der Waals surface area (Å²) in [5.41, 5.74) is 8.19. The number of hydrogen-bond donors (Lipinski definition) is 2. The van der Waals surface area contributed by atoms with Gasteiger partial charge in [0.15, 0.2) is 0 Å². The van der Waals surface area contributed by atoms with Crippen LogP contribution in [0, 0.1) is 11.3 Å². The van der Waals surface area contributed by atoms with E-state index in [1.165, 1.54) is 0 Å². The highest BCUT2D eigenvalue weighted by atomic mass is 16.1. The molecular weight excluding hydrogens is 262 g/mol. The summed E-state index contributed by atoms with van der Waals surface area (Å²) in [5, 5.41) is 11.6. The number of carbonyl (C=O) groups excluding carboxylic acids is 1. The number of benzene rings is 2. The van der Waals surface area contributed by atoms with Gasteiger partial charge in [-0.2, -0.15) is 5.26 Å². The summed E-state index contributed by atoms with van der Waals surface area (Å²) < 4.78 is 0. The lowest BCUT2D eigenvalue weighted by Crippen LogP contribution is -2.33. The topological polar surface area (TPSA) is 78.9 Å². The van der Waals surface area contributed by atoms with Crippen LogP contribution in [-0.2, 0) is 11.3 Å². The molecule has 1 atom stereocenters. The van der Waals surface area contributed by atoms with Crippen molar-refractivity contribution in [2.45, 2.75) is 12.5 Å². The summed E-state index contributed by atoms with van der Waals surface area (Å²) in [5.74, 6) is -0.433. The Morgan fingerprint density at radius 1 is 1.14 bits per heavy atom. The molecule has 0 aromatic heterocycles. The zero-order valence-electron chi connectivity index (χ0n) is 11.6. The maximum atomic E-state index is 12.2. The van der Waals surface area contributed by atoms with E-state index in [1.807, 2.05) is 42.5 Å². The van der Waals surface area contributed by atoms with Gasteiger partial charge < -0.3 is 11.1 Å². The van der Waals surface area contributed by atoms with E-state index in [0.717, 1.165) is 11.1 Å². The smallest absolute Gasteiger partial charge is 0.229 e. The first kappa shape index (κ1) is 14.8. The minimum Gasteiger partial charge on any atom is -0.351 e. The van der Waals surface area contributed by atoms with Gasteiger partial charge in [-0.1, -0.05) is 42.5 Å². The zero-order chi connectivity index (χ0) is 15.1. The normalized spacial score (nSPS) is 11.4. The van der Waals surface area contributed by atoms with E-state index in [1.54, 1.807) is 12.1 Å². The molecule has 0 saturated heterocycles. The number of nitriles is 1. The summed E-state index contributed by atoms with van der Waals surface area (Å²) in [6.45, 7) is 0.692. The molecule has 1 unspecified atom stereocenters. The van der Waals surface area contributed by atoms with Crippen LogP contribution in [0.4, 0.5) is 0 Å². The predicted molar refractivity (Wildman–Crippen MR) is 81.2 cm³/mol. The lowest BCUT2D eigenvalue weighted by Gasteiger charge is -2.15. The zero-order valence-corrected chi connectivity index (χ0v) is 11.6. The Morgan fingerprint density at radius 2 is 1.81 bits per heavy atom. The molecule has 4 heteroatoms. The molecule has 0 saturated carbocycles. The molecule has 0 aliphatic carbocycles. The van der Waals surface area contributed by atoms with E-state index in [0.29, 0.717) is 12.1 Å². The van der Waals surface area contributed by atoms with Gasteiger partial charge in [0.1, 0.15) is 0 Å². The van der Waals surface area contributed by atoms with E-state index in [-0.39, 0.29) is 18.4 Å². The Kier molecular flexibility index (Phi) is 5.08. The molecule has 106 valence electrons. The monoisotopic (exact) mass is 279 g/mol. The van der Waals surface area contributed by atoms with Crippen molar-refractivity contribution < 1.29 is 4.79 Å². The van der Waals surface area contributed by atoms with E-state index in [9.17, 15) is 4.79 Å². The molecule has 0 heterocycles. The first-order valence-corrected chi connectivity index (χ1v) is 6.76. The summed E-state index contributed by atoms with van der Waals surface area (Å²) in [7, 11) is 0. The van der Waals surface area contributed by atoms with Crippen molar-refractivity contribution in [1.82, 2.24) is 5.32 Å². The summed E-state index contributed by atoms with van der Waals surface area (Å²) in [6, 6.07) is 18.7. The van der Waals surface area contributed by atoms with E-state index >= 15 is 0 Å². The maximum Gasteiger partial charge on any atom is 0.229 e. The van der Waals surface area contributed by atoms with Gasteiger partial charge in [0, 0.05) is 13.1 Å². The van der Waals surface area contributed by atoms with Crippen LogP contribution in [-0.4, -0.2) is 12.5 Å². The van der Waals surface area contributed by atoms with E-state index < -0.39 is 0 Å². The fourth-order valence-electron chi connectivity index (χ4n) is 2.09. The van der Waals surface area contributed by atoms with Crippen molar-refractivity contribution in [2.24, 2.45) is 5.73 Å². The van der Waals surface area contributed by atoms with E-state index in [4.69, 9.17) is 11.0 Å². The Balaban J connectivity index is 1.98. The molecule has 0 spiro atoms. The van der Waals surface area contributed by atoms with Gasteiger partial charge in [-0.15, -0.1) is 0 Å². The molecule has 0 bridgehead atoms. The Morgan fingerprint density at radius 3 is 2.38 bits per heavy atom. The summed E-state index contributed by atoms with van der Waals surface area (Å²) in [6.07, 6.45) is 0. The lowest BCUT2D eigenvalue weighted by atomic mass is 9.98. The predicted octanol–water partition coefficient (Wildman–Crippen LogP) is 1.92. The van der Waals surface area contributed by atoms with E-state index in [2.05, 4.69) is 11.4 Å². The summed E-state index contributed by atoms with van der Waals surface area (Å²) >= 11 is 0. The van der Waals surface area contributed by atoms with Gasteiger partial charge in [0.05, 0.1) is 17.6 Å². The van der Waals surface area contributed by atoms with Gasteiger partial charge in [-0.25, -0.2) is 0 Å². The van der Waals surface area contributed by atoms with Crippen LogP contribution in [0.3, 0.4) is 0 Å². The summed E-state index contributed by atoms with van der Waals surface area (Å²) in [4.78, 5) is 12.2. The number of amides is 1. The average Bonchev–Trinajstić information content (AvgIpc) is 2.55. The fourth-order valence-corrected chi connectivity index (χ4v) is 2.09. The molecule has 2 aromatic carbocycles. The highest BCUT2D eigenvalue weighted by molar-refractivity contribution is 5.83. The first-order chi connectivity index (χ1) is 10.2. The number of rotatable bonds is 5. The van der Waals surface area contributed by atoms with Crippen LogP contribution in [0.1, 0.15) is 22.6 Å². The molecule has 1 amide bonds.